The Hall–Kier alpha value is -0.690. The van der Waals surface area contributed by atoms with Crippen molar-refractivity contribution in [3.8, 4) is 0 Å². The predicted molar refractivity (Wildman–Crippen MR) is 82.5 cm³/mol. The van der Waals surface area contributed by atoms with Gasteiger partial charge >= 0.3 is 0 Å². The number of nitrogens with zero attached hydrogens (tertiary/aromatic N) is 2. The number of anilines is 1. The summed E-state index contributed by atoms with van der Waals surface area (Å²) in [5.74, 6) is 0. The van der Waals surface area contributed by atoms with Crippen molar-refractivity contribution in [3.05, 3.63) is 10.6 Å². The van der Waals surface area contributed by atoms with Gasteiger partial charge in [0.1, 0.15) is 0 Å². The van der Waals surface area contributed by atoms with Crippen LogP contribution in [0.15, 0.2) is 0 Å². The Balaban J connectivity index is 2.09. The van der Waals surface area contributed by atoms with Crippen molar-refractivity contribution in [1.82, 2.24) is 10.3 Å². The molecule has 1 aromatic rings. The first-order valence-electron chi connectivity index (χ1n) is 7.25. The second kappa shape index (κ2) is 7.93. The van der Waals surface area contributed by atoms with E-state index in [1.807, 2.05) is 0 Å². The fourth-order valence-corrected chi connectivity index (χ4v) is 3.44. The van der Waals surface area contributed by atoms with E-state index in [1.54, 1.807) is 18.4 Å². The van der Waals surface area contributed by atoms with Crippen molar-refractivity contribution in [1.29, 1.82) is 0 Å². The Morgan fingerprint density at radius 1 is 1.45 bits per heavy atom. The standard InChI is InChI=1S/C14H25N3O2S/c1-4-15-9-13-12(10-18-3)16-14(20-13)17(2)11-5-7-19-8-6-11/h11,15H,4-10H2,1-3H3. The molecule has 1 aliphatic rings. The molecule has 1 N–H and O–H groups in total. The number of ether oxygens (including phenoxy) is 2. The SMILES string of the molecule is CCNCc1sc(N(C)C2CCOCC2)nc1COC. The lowest BCUT2D eigenvalue weighted by atomic mass is 10.1. The third-order valence-corrected chi connectivity index (χ3v) is 4.81. The van der Waals surface area contributed by atoms with Crippen LogP contribution in [0.4, 0.5) is 5.13 Å². The maximum atomic E-state index is 5.43. The van der Waals surface area contributed by atoms with E-state index in [0.717, 1.165) is 50.0 Å². The van der Waals surface area contributed by atoms with Gasteiger partial charge in [-0.05, 0) is 19.4 Å². The Bertz CT molecular complexity index is 405. The Morgan fingerprint density at radius 3 is 2.85 bits per heavy atom. The predicted octanol–water partition coefficient (Wildman–Crippen LogP) is 2.01. The summed E-state index contributed by atoms with van der Waals surface area (Å²) in [5, 5.41) is 4.47. The molecule has 0 spiro atoms. The summed E-state index contributed by atoms with van der Waals surface area (Å²) >= 11 is 1.77. The highest BCUT2D eigenvalue weighted by atomic mass is 32.1. The van der Waals surface area contributed by atoms with Crippen LogP contribution in [0.5, 0.6) is 0 Å². The monoisotopic (exact) mass is 299 g/mol. The highest BCUT2D eigenvalue weighted by Crippen LogP contribution is 2.29. The molecule has 0 unspecified atom stereocenters. The summed E-state index contributed by atoms with van der Waals surface area (Å²) in [4.78, 5) is 8.35. The lowest BCUT2D eigenvalue weighted by Crippen LogP contribution is -2.36. The first kappa shape index (κ1) is 15.7. The third-order valence-electron chi connectivity index (χ3n) is 3.62. The van der Waals surface area contributed by atoms with E-state index >= 15 is 0 Å². The molecule has 114 valence electrons. The quantitative estimate of drug-likeness (QED) is 0.834. The van der Waals surface area contributed by atoms with E-state index < -0.39 is 0 Å². The zero-order chi connectivity index (χ0) is 14.4. The number of methoxy groups -OCH3 is 1. The van der Waals surface area contributed by atoms with Gasteiger partial charge in [-0.2, -0.15) is 0 Å². The number of aromatic nitrogens is 1. The minimum absolute atomic E-state index is 0.539. The van der Waals surface area contributed by atoms with Gasteiger partial charge < -0.3 is 19.7 Å². The highest BCUT2D eigenvalue weighted by molar-refractivity contribution is 7.15. The first-order chi connectivity index (χ1) is 9.76. The van der Waals surface area contributed by atoms with Gasteiger partial charge in [-0.1, -0.05) is 6.92 Å². The van der Waals surface area contributed by atoms with Crippen LogP contribution in [0.3, 0.4) is 0 Å². The topological polar surface area (TPSA) is 46.6 Å². The van der Waals surface area contributed by atoms with Crippen molar-refractivity contribution >= 4 is 16.5 Å². The fraction of sp³-hybridized carbons (Fsp3) is 0.786. The maximum absolute atomic E-state index is 5.43. The Morgan fingerprint density at radius 2 is 2.20 bits per heavy atom. The molecule has 1 fully saturated rings. The van der Waals surface area contributed by atoms with Gasteiger partial charge in [0.2, 0.25) is 0 Å². The third kappa shape index (κ3) is 3.91. The van der Waals surface area contributed by atoms with Crippen LogP contribution in [0.1, 0.15) is 30.3 Å². The molecule has 0 radical (unpaired) electrons. The molecule has 0 amide bonds. The van der Waals surface area contributed by atoms with Gasteiger partial charge in [-0.25, -0.2) is 4.98 Å². The van der Waals surface area contributed by atoms with Crippen LogP contribution in [0.25, 0.3) is 0 Å². The van der Waals surface area contributed by atoms with Crippen molar-refractivity contribution < 1.29 is 9.47 Å². The average molecular weight is 299 g/mol. The van der Waals surface area contributed by atoms with Crippen molar-refractivity contribution in [2.24, 2.45) is 0 Å². The zero-order valence-electron chi connectivity index (χ0n) is 12.6. The van der Waals surface area contributed by atoms with Crippen LogP contribution in [-0.4, -0.2) is 44.9 Å². The van der Waals surface area contributed by atoms with Crippen LogP contribution < -0.4 is 10.2 Å². The lowest BCUT2D eigenvalue weighted by Gasteiger charge is -2.30. The molecule has 0 aromatic carbocycles. The van der Waals surface area contributed by atoms with Gasteiger partial charge in [0.05, 0.1) is 12.3 Å². The van der Waals surface area contributed by atoms with Crippen LogP contribution in [-0.2, 0) is 22.6 Å². The molecule has 1 saturated heterocycles. The lowest BCUT2D eigenvalue weighted by molar-refractivity contribution is 0.0854. The Kier molecular flexibility index (Phi) is 6.22. The number of hydrogen-bond donors (Lipinski definition) is 1. The van der Waals surface area contributed by atoms with E-state index in [1.165, 1.54) is 4.88 Å². The van der Waals surface area contributed by atoms with Gasteiger partial charge in [-0.3, -0.25) is 0 Å². The van der Waals surface area contributed by atoms with Crippen LogP contribution in [0, 0.1) is 0 Å². The average Bonchev–Trinajstić information content (AvgIpc) is 2.89. The van der Waals surface area contributed by atoms with Crippen molar-refractivity contribution in [3.63, 3.8) is 0 Å². The molecule has 1 aliphatic heterocycles. The first-order valence-corrected chi connectivity index (χ1v) is 8.06. The van der Waals surface area contributed by atoms with Gasteiger partial charge in [-0.15, -0.1) is 11.3 Å². The number of rotatable bonds is 7. The summed E-state index contributed by atoms with van der Waals surface area (Å²) in [7, 11) is 3.86. The molecule has 0 bridgehead atoms. The summed E-state index contributed by atoms with van der Waals surface area (Å²) in [6, 6.07) is 0.539. The van der Waals surface area contributed by atoms with Gasteiger partial charge in [0, 0.05) is 44.8 Å². The second-order valence-electron chi connectivity index (χ2n) is 5.03. The number of nitrogens with one attached hydrogen (secondary N) is 1. The molecule has 0 atom stereocenters. The summed E-state index contributed by atoms with van der Waals surface area (Å²) in [5.41, 5.74) is 1.06. The minimum Gasteiger partial charge on any atom is -0.381 e. The second-order valence-corrected chi connectivity index (χ2v) is 6.10. The van der Waals surface area contributed by atoms with Crippen molar-refractivity contribution in [2.45, 2.75) is 39.0 Å². The summed E-state index contributed by atoms with van der Waals surface area (Å²) < 4.78 is 10.7. The number of thiazole rings is 1. The zero-order valence-corrected chi connectivity index (χ0v) is 13.5. The Labute approximate surface area is 125 Å². The largest absolute Gasteiger partial charge is 0.381 e. The normalized spacial score (nSPS) is 16.6. The van der Waals surface area contributed by atoms with Crippen molar-refractivity contribution in [2.75, 3.05) is 38.8 Å². The minimum atomic E-state index is 0.539. The molecule has 2 heterocycles. The van der Waals surface area contributed by atoms with Gasteiger partial charge in [0.15, 0.2) is 5.13 Å². The van der Waals surface area contributed by atoms with E-state index in [0.29, 0.717) is 12.6 Å². The highest BCUT2D eigenvalue weighted by Gasteiger charge is 2.22. The van der Waals surface area contributed by atoms with Crippen LogP contribution >= 0.6 is 11.3 Å². The molecular weight excluding hydrogens is 274 g/mol. The van der Waals surface area contributed by atoms with E-state index in [-0.39, 0.29) is 0 Å². The fourth-order valence-electron chi connectivity index (χ4n) is 2.38. The molecule has 6 heteroatoms. The maximum Gasteiger partial charge on any atom is 0.185 e. The molecule has 20 heavy (non-hydrogen) atoms. The number of hydrogen-bond acceptors (Lipinski definition) is 6. The molecule has 2 rings (SSSR count). The smallest absolute Gasteiger partial charge is 0.185 e. The summed E-state index contributed by atoms with van der Waals surface area (Å²) in [6.07, 6.45) is 2.16. The molecule has 0 saturated carbocycles. The van der Waals surface area contributed by atoms with E-state index in [4.69, 9.17) is 14.5 Å². The molecular formula is C14H25N3O2S. The van der Waals surface area contributed by atoms with E-state index in [2.05, 4.69) is 24.2 Å². The molecule has 1 aromatic heterocycles. The molecule has 5 nitrogen and oxygen atoms in total. The molecule has 0 aliphatic carbocycles. The van der Waals surface area contributed by atoms with Gasteiger partial charge in [0.25, 0.3) is 0 Å². The summed E-state index contributed by atoms with van der Waals surface area (Å²) in [6.45, 7) is 6.25. The van der Waals surface area contributed by atoms with E-state index in [9.17, 15) is 0 Å². The van der Waals surface area contributed by atoms with Crippen LogP contribution in [0.2, 0.25) is 0 Å².